The molecule has 1 aromatic rings. The van der Waals surface area contributed by atoms with Crippen LogP contribution < -0.4 is 0 Å². The minimum Gasteiger partial charge on any atom is -0.342 e. The van der Waals surface area contributed by atoms with Gasteiger partial charge in [0.15, 0.2) is 0 Å². The van der Waals surface area contributed by atoms with Crippen molar-refractivity contribution in [3.8, 4) is 0 Å². The maximum atomic E-state index is 12.8. The van der Waals surface area contributed by atoms with Crippen LogP contribution in [0.25, 0.3) is 0 Å². The van der Waals surface area contributed by atoms with Gasteiger partial charge in [0.1, 0.15) is 0 Å². The van der Waals surface area contributed by atoms with Gasteiger partial charge in [0.25, 0.3) is 0 Å². The fourth-order valence-corrected chi connectivity index (χ4v) is 3.09. The maximum absolute atomic E-state index is 12.8. The molecule has 1 aliphatic carbocycles. The van der Waals surface area contributed by atoms with Gasteiger partial charge < -0.3 is 4.90 Å². The van der Waals surface area contributed by atoms with E-state index in [1.54, 1.807) is 0 Å². The molecule has 98 valence electrons. The molecule has 1 aromatic carbocycles. The van der Waals surface area contributed by atoms with Gasteiger partial charge >= 0.3 is 0 Å². The number of hydrogen-bond acceptors (Lipinski definition) is 1. The topological polar surface area (TPSA) is 20.3 Å². The third kappa shape index (κ3) is 1.94. The first-order chi connectivity index (χ1) is 8.70. The van der Waals surface area contributed by atoms with Gasteiger partial charge in [0.2, 0.25) is 5.91 Å². The number of nitrogens with zero attached hydrogens (tertiary/aromatic N) is 1. The van der Waals surface area contributed by atoms with Crippen molar-refractivity contribution in [3.63, 3.8) is 0 Å². The summed E-state index contributed by atoms with van der Waals surface area (Å²) < 4.78 is 0. The Labute approximate surface area is 110 Å². The zero-order valence-electron chi connectivity index (χ0n) is 11.6. The zero-order valence-corrected chi connectivity index (χ0v) is 11.6. The molecule has 0 radical (unpaired) electrons. The first-order valence-electron chi connectivity index (χ1n) is 7.05. The van der Waals surface area contributed by atoms with Crippen LogP contribution in [-0.4, -0.2) is 23.9 Å². The van der Waals surface area contributed by atoms with Gasteiger partial charge in [0, 0.05) is 13.1 Å². The average molecular weight is 245 g/mol. The van der Waals surface area contributed by atoms with E-state index in [1.807, 2.05) is 23.1 Å². The fourth-order valence-electron chi connectivity index (χ4n) is 3.09. The van der Waals surface area contributed by atoms with Crippen molar-refractivity contribution >= 4 is 5.91 Å². The van der Waals surface area contributed by atoms with Crippen LogP contribution in [0.4, 0.5) is 0 Å². The largest absolute Gasteiger partial charge is 0.342 e. The van der Waals surface area contributed by atoms with Gasteiger partial charge in [0.05, 0.1) is 5.41 Å². The maximum Gasteiger partial charge on any atom is 0.233 e. The summed E-state index contributed by atoms with van der Waals surface area (Å²) in [6.07, 6.45) is 2.10. The third-order valence-corrected chi connectivity index (χ3v) is 4.32. The van der Waals surface area contributed by atoms with E-state index in [0.717, 1.165) is 25.9 Å². The van der Waals surface area contributed by atoms with Crippen molar-refractivity contribution in [3.05, 3.63) is 35.9 Å². The van der Waals surface area contributed by atoms with E-state index in [2.05, 4.69) is 32.9 Å². The van der Waals surface area contributed by atoms with E-state index >= 15 is 0 Å². The van der Waals surface area contributed by atoms with Gasteiger partial charge in [-0.25, -0.2) is 0 Å². The molecular weight excluding hydrogens is 222 g/mol. The van der Waals surface area contributed by atoms with Gasteiger partial charge in [-0.3, -0.25) is 4.79 Å². The molecule has 0 heterocycles. The standard InChI is InChI=1S/C16H23NO/c1-4-13-12-16(13,14-10-8-7-9-11-14)15(18)17(5-2)6-3/h7-11,13H,4-6,12H2,1-3H3. The molecule has 2 nitrogen and oxygen atoms in total. The minimum absolute atomic E-state index is 0.220. The van der Waals surface area contributed by atoms with E-state index in [9.17, 15) is 4.79 Å². The quantitative estimate of drug-likeness (QED) is 0.780. The minimum atomic E-state index is -0.220. The summed E-state index contributed by atoms with van der Waals surface area (Å²) in [6.45, 7) is 7.92. The lowest BCUT2D eigenvalue weighted by molar-refractivity contribution is -0.134. The first kappa shape index (κ1) is 13.1. The molecule has 0 aromatic heterocycles. The Morgan fingerprint density at radius 1 is 1.22 bits per heavy atom. The molecule has 18 heavy (non-hydrogen) atoms. The van der Waals surface area contributed by atoms with Gasteiger partial charge in [-0.2, -0.15) is 0 Å². The lowest BCUT2D eigenvalue weighted by Crippen LogP contribution is -2.40. The van der Waals surface area contributed by atoms with Crippen LogP contribution in [0.2, 0.25) is 0 Å². The predicted molar refractivity (Wildman–Crippen MR) is 74.4 cm³/mol. The van der Waals surface area contributed by atoms with Crippen LogP contribution in [0, 0.1) is 5.92 Å². The van der Waals surface area contributed by atoms with Gasteiger partial charge in [-0.15, -0.1) is 0 Å². The Morgan fingerprint density at radius 2 is 1.83 bits per heavy atom. The van der Waals surface area contributed by atoms with Crippen LogP contribution in [0.15, 0.2) is 30.3 Å². The molecule has 0 N–H and O–H groups in total. The Kier molecular flexibility index (Phi) is 3.74. The summed E-state index contributed by atoms with van der Waals surface area (Å²) in [6, 6.07) is 10.3. The summed E-state index contributed by atoms with van der Waals surface area (Å²) in [5, 5.41) is 0. The molecule has 1 aliphatic rings. The predicted octanol–water partition coefficient (Wildman–Crippen LogP) is 3.22. The zero-order chi connectivity index (χ0) is 13.2. The molecule has 2 atom stereocenters. The molecule has 2 unspecified atom stereocenters. The molecule has 2 rings (SSSR count). The Balaban J connectivity index is 2.32. The molecule has 1 fully saturated rings. The summed E-state index contributed by atoms with van der Waals surface area (Å²) in [4.78, 5) is 14.8. The molecular formula is C16H23NO. The van der Waals surface area contributed by atoms with Crippen molar-refractivity contribution in [1.82, 2.24) is 4.90 Å². The summed E-state index contributed by atoms with van der Waals surface area (Å²) >= 11 is 0. The lowest BCUT2D eigenvalue weighted by atomic mass is 9.90. The van der Waals surface area contributed by atoms with E-state index in [4.69, 9.17) is 0 Å². The number of rotatable bonds is 5. The van der Waals surface area contributed by atoms with E-state index in [0.29, 0.717) is 11.8 Å². The molecule has 1 saturated carbocycles. The number of amides is 1. The highest BCUT2D eigenvalue weighted by Crippen LogP contribution is 2.57. The molecule has 0 spiro atoms. The Morgan fingerprint density at radius 3 is 2.28 bits per heavy atom. The highest BCUT2D eigenvalue weighted by molar-refractivity contribution is 5.92. The van der Waals surface area contributed by atoms with Crippen molar-refractivity contribution in [2.75, 3.05) is 13.1 Å². The van der Waals surface area contributed by atoms with Crippen molar-refractivity contribution in [2.45, 2.75) is 39.0 Å². The molecule has 0 saturated heterocycles. The van der Waals surface area contributed by atoms with Crippen LogP contribution >= 0.6 is 0 Å². The second kappa shape index (κ2) is 5.13. The van der Waals surface area contributed by atoms with Gasteiger partial charge in [-0.05, 0) is 31.7 Å². The molecule has 0 aliphatic heterocycles. The summed E-state index contributed by atoms with van der Waals surface area (Å²) in [7, 11) is 0. The number of benzene rings is 1. The number of carbonyl (C=O) groups is 1. The van der Waals surface area contributed by atoms with Crippen molar-refractivity contribution < 1.29 is 4.79 Å². The van der Waals surface area contributed by atoms with E-state index in [-0.39, 0.29) is 5.41 Å². The van der Waals surface area contributed by atoms with E-state index in [1.165, 1.54) is 5.56 Å². The van der Waals surface area contributed by atoms with Crippen LogP contribution in [0.5, 0.6) is 0 Å². The summed E-state index contributed by atoms with van der Waals surface area (Å²) in [5.41, 5.74) is 0.982. The fraction of sp³-hybridized carbons (Fsp3) is 0.562. The first-order valence-corrected chi connectivity index (χ1v) is 7.05. The summed E-state index contributed by atoms with van der Waals surface area (Å²) in [5.74, 6) is 0.846. The van der Waals surface area contributed by atoms with Crippen molar-refractivity contribution in [1.29, 1.82) is 0 Å². The smallest absolute Gasteiger partial charge is 0.233 e. The monoisotopic (exact) mass is 245 g/mol. The Hall–Kier alpha value is -1.31. The number of hydrogen-bond donors (Lipinski definition) is 0. The SMILES string of the molecule is CCC1CC1(C(=O)N(CC)CC)c1ccccc1. The van der Waals surface area contributed by atoms with Crippen molar-refractivity contribution in [2.24, 2.45) is 5.92 Å². The highest BCUT2D eigenvalue weighted by atomic mass is 16.2. The number of likely N-dealkylation sites (N-methyl/N-ethyl adjacent to an activating group) is 1. The number of carbonyl (C=O) groups excluding carboxylic acids is 1. The highest BCUT2D eigenvalue weighted by Gasteiger charge is 2.60. The normalized spacial score (nSPS) is 25.8. The van der Waals surface area contributed by atoms with Crippen LogP contribution in [0.1, 0.15) is 39.2 Å². The van der Waals surface area contributed by atoms with Crippen LogP contribution in [0.3, 0.4) is 0 Å². The third-order valence-electron chi connectivity index (χ3n) is 4.32. The Bertz CT molecular complexity index is 410. The molecule has 2 heteroatoms. The molecule has 1 amide bonds. The van der Waals surface area contributed by atoms with E-state index < -0.39 is 0 Å². The second-order valence-corrected chi connectivity index (χ2v) is 5.12. The van der Waals surface area contributed by atoms with Gasteiger partial charge in [-0.1, -0.05) is 43.7 Å². The second-order valence-electron chi connectivity index (χ2n) is 5.12. The lowest BCUT2D eigenvalue weighted by Gasteiger charge is -2.26. The average Bonchev–Trinajstić information content (AvgIpc) is 3.17. The van der Waals surface area contributed by atoms with Crippen LogP contribution in [-0.2, 0) is 10.2 Å². The molecule has 0 bridgehead atoms.